The average molecular weight is 224 g/mol. The van der Waals surface area contributed by atoms with E-state index in [9.17, 15) is 0 Å². The van der Waals surface area contributed by atoms with Crippen molar-refractivity contribution in [1.29, 1.82) is 0 Å². The van der Waals surface area contributed by atoms with E-state index in [2.05, 4.69) is 27.4 Å². The van der Waals surface area contributed by atoms with Gasteiger partial charge in [0.2, 0.25) is 0 Å². The number of aromatic nitrogens is 2. The summed E-state index contributed by atoms with van der Waals surface area (Å²) in [4.78, 5) is 6.50. The number of nitrogens with one attached hydrogen (secondary N) is 1. The fourth-order valence-electron chi connectivity index (χ4n) is 2.10. The summed E-state index contributed by atoms with van der Waals surface area (Å²) in [5.41, 5.74) is 0. The third-order valence-corrected chi connectivity index (χ3v) is 3.19. The molecule has 0 unspecified atom stereocenters. The first-order chi connectivity index (χ1) is 7.74. The zero-order valence-corrected chi connectivity index (χ0v) is 10.1. The zero-order valence-electron chi connectivity index (χ0n) is 10.1. The first-order valence-corrected chi connectivity index (χ1v) is 5.97. The number of piperidine rings is 1. The molecule has 1 aromatic heterocycles. The molecular weight excluding hydrogens is 204 g/mol. The smallest absolute Gasteiger partial charge is 0.321 e. The molecular formula is C11H20N4O. The van der Waals surface area contributed by atoms with Crippen LogP contribution in [0.3, 0.4) is 0 Å². The van der Waals surface area contributed by atoms with Crippen LogP contribution in [0.2, 0.25) is 0 Å². The molecule has 0 amide bonds. The van der Waals surface area contributed by atoms with Crippen LogP contribution < -0.4 is 5.32 Å². The standard InChI is InChI=1S/C11H20N4O/c1-9-13-11(16-14-9)12-6-3-10-4-7-15(2)8-5-10/h10H,3-8H2,1-2H3,(H,12,13,14). The first-order valence-electron chi connectivity index (χ1n) is 5.97. The Bertz CT molecular complexity index is 318. The summed E-state index contributed by atoms with van der Waals surface area (Å²) in [6.07, 6.45) is 3.80. The Morgan fingerprint density at radius 2 is 2.19 bits per heavy atom. The van der Waals surface area contributed by atoms with Gasteiger partial charge in [0.15, 0.2) is 5.82 Å². The molecule has 0 saturated carbocycles. The second-order valence-electron chi connectivity index (χ2n) is 4.61. The predicted molar refractivity (Wildman–Crippen MR) is 62.4 cm³/mol. The van der Waals surface area contributed by atoms with Crippen LogP contribution in [0.5, 0.6) is 0 Å². The van der Waals surface area contributed by atoms with Crippen LogP contribution >= 0.6 is 0 Å². The lowest BCUT2D eigenvalue weighted by Gasteiger charge is -2.28. The van der Waals surface area contributed by atoms with Crippen LogP contribution in [0.25, 0.3) is 0 Å². The topological polar surface area (TPSA) is 54.2 Å². The molecule has 90 valence electrons. The van der Waals surface area contributed by atoms with Crippen molar-refractivity contribution in [3.05, 3.63) is 5.82 Å². The van der Waals surface area contributed by atoms with E-state index in [4.69, 9.17) is 4.52 Å². The van der Waals surface area contributed by atoms with Gasteiger partial charge in [-0.15, -0.1) is 0 Å². The number of rotatable bonds is 4. The van der Waals surface area contributed by atoms with E-state index < -0.39 is 0 Å². The Morgan fingerprint density at radius 3 is 2.81 bits per heavy atom. The molecule has 5 nitrogen and oxygen atoms in total. The Balaban J connectivity index is 1.64. The average Bonchev–Trinajstić information content (AvgIpc) is 2.67. The highest BCUT2D eigenvalue weighted by atomic mass is 16.5. The molecule has 5 heteroatoms. The summed E-state index contributed by atoms with van der Waals surface area (Å²) < 4.78 is 4.99. The fourth-order valence-corrected chi connectivity index (χ4v) is 2.10. The number of likely N-dealkylation sites (tertiary alicyclic amines) is 1. The summed E-state index contributed by atoms with van der Waals surface area (Å²) >= 11 is 0. The Kier molecular flexibility index (Phi) is 3.77. The SMILES string of the molecule is Cc1noc(NCCC2CCN(C)CC2)n1. The normalized spacial score (nSPS) is 18.9. The predicted octanol–water partition coefficient (Wildman–Crippen LogP) is 1.52. The summed E-state index contributed by atoms with van der Waals surface area (Å²) in [5.74, 6) is 1.52. The van der Waals surface area contributed by atoms with Crippen LogP contribution in [-0.4, -0.2) is 41.7 Å². The van der Waals surface area contributed by atoms with Crippen molar-refractivity contribution in [2.24, 2.45) is 5.92 Å². The molecule has 0 radical (unpaired) electrons. The van der Waals surface area contributed by atoms with E-state index in [1.165, 1.54) is 32.4 Å². The van der Waals surface area contributed by atoms with Crippen LogP contribution in [0, 0.1) is 12.8 Å². The summed E-state index contributed by atoms with van der Waals surface area (Å²) in [6.45, 7) is 5.20. The Morgan fingerprint density at radius 1 is 1.44 bits per heavy atom. The van der Waals surface area contributed by atoms with Gasteiger partial charge < -0.3 is 14.7 Å². The monoisotopic (exact) mass is 224 g/mol. The van der Waals surface area contributed by atoms with Crippen LogP contribution in [0.4, 0.5) is 6.01 Å². The molecule has 0 atom stereocenters. The van der Waals surface area contributed by atoms with E-state index in [0.29, 0.717) is 11.8 Å². The molecule has 0 bridgehead atoms. The van der Waals surface area contributed by atoms with Gasteiger partial charge in [0.25, 0.3) is 0 Å². The highest BCUT2D eigenvalue weighted by Gasteiger charge is 2.16. The lowest BCUT2D eigenvalue weighted by Crippen LogP contribution is -2.30. The molecule has 1 aliphatic heterocycles. The maximum Gasteiger partial charge on any atom is 0.321 e. The lowest BCUT2D eigenvalue weighted by atomic mass is 9.94. The molecule has 0 aromatic carbocycles. The maximum atomic E-state index is 4.99. The van der Waals surface area contributed by atoms with Crippen molar-refractivity contribution < 1.29 is 4.52 Å². The maximum absolute atomic E-state index is 4.99. The third-order valence-electron chi connectivity index (χ3n) is 3.19. The van der Waals surface area contributed by atoms with Crippen LogP contribution in [-0.2, 0) is 0 Å². The molecule has 0 spiro atoms. The van der Waals surface area contributed by atoms with Crippen molar-refractivity contribution in [3.63, 3.8) is 0 Å². The van der Waals surface area contributed by atoms with Gasteiger partial charge in [0.05, 0.1) is 0 Å². The molecule has 1 saturated heterocycles. The van der Waals surface area contributed by atoms with Crippen molar-refractivity contribution in [2.45, 2.75) is 26.2 Å². The summed E-state index contributed by atoms with van der Waals surface area (Å²) in [7, 11) is 2.19. The van der Waals surface area contributed by atoms with Crippen molar-refractivity contribution >= 4 is 6.01 Å². The number of nitrogens with zero attached hydrogens (tertiary/aromatic N) is 3. The van der Waals surface area contributed by atoms with E-state index in [1.807, 2.05) is 6.92 Å². The van der Waals surface area contributed by atoms with Crippen molar-refractivity contribution in [2.75, 3.05) is 32.0 Å². The van der Waals surface area contributed by atoms with Gasteiger partial charge in [-0.1, -0.05) is 5.16 Å². The summed E-state index contributed by atoms with van der Waals surface area (Å²) in [6, 6.07) is 0.547. The van der Waals surface area contributed by atoms with E-state index in [1.54, 1.807) is 0 Å². The minimum Gasteiger partial charge on any atom is -0.338 e. The number of anilines is 1. The van der Waals surface area contributed by atoms with Crippen LogP contribution in [0.1, 0.15) is 25.1 Å². The Labute approximate surface area is 96.2 Å². The minimum absolute atomic E-state index is 0.547. The molecule has 1 N–H and O–H groups in total. The quantitative estimate of drug-likeness (QED) is 0.840. The van der Waals surface area contributed by atoms with Gasteiger partial charge in [-0.3, -0.25) is 0 Å². The highest BCUT2D eigenvalue weighted by molar-refractivity contribution is 5.17. The van der Waals surface area contributed by atoms with Gasteiger partial charge >= 0.3 is 6.01 Å². The second kappa shape index (κ2) is 5.30. The minimum atomic E-state index is 0.547. The first kappa shape index (κ1) is 11.4. The zero-order chi connectivity index (χ0) is 11.4. The molecule has 16 heavy (non-hydrogen) atoms. The second-order valence-corrected chi connectivity index (χ2v) is 4.61. The van der Waals surface area contributed by atoms with E-state index in [0.717, 1.165) is 12.5 Å². The molecule has 1 aromatic rings. The third kappa shape index (κ3) is 3.20. The van der Waals surface area contributed by atoms with Crippen LogP contribution in [0.15, 0.2) is 4.52 Å². The number of aryl methyl sites for hydroxylation is 1. The molecule has 1 fully saturated rings. The molecule has 2 heterocycles. The van der Waals surface area contributed by atoms with Crippen molar-refractivity contribution in [1.82, 2.24) is 15.0 Å². The van der Waals surface area contributed by atoms with Gasteiger partial charge in [-0.25, -0.2) is 0 Å². The Hall–Kier alpha value is -1.10. The largest absolute Gasteiger partial charge is 0.338 e. The van der Waals surface area contributed by atoms with Crippen molar-refractivity contribution in [3.8, 4) is 0 Å². The van der Waals surface area contributed by atoms with E-state index >= 15 is 0 Å². The van der Waals surface area contributed by atoms with Gasteiger partial charge in [-0.05, 0) is 52.2 Å². The van der Waals surface area contributed by atoms with Gasteiger partial charge in [0, 0.05) is 6.54 Å². The highest BCUT2D eigenvalue weighted by Crippen LogP contribution is 2.19. The molecule has 1 aliphatic rings. The van der Waals surface area contributed by atoms with Gasteiger partial charge in [0.1, 0.15) is 0 Å². The van der Waals surface area contributed by atoms with Gasteiger partial charge in [-0.2, -0.15) is 4.98 Å². The fraction of sp³-hybridized carbons (Fsp3) is 0.818. The number of hydrogen-bond donors (Lipinski definition) is 1. The molecule has 0 aliphatic carbocycles. The van der Waals surface area contributed by atoms with E-state index in [-0.39, 0.29) is 0 Å². The summed E-state index contributed by atoms with van der Waals surface area (Å²) in [5, 5.41) is 6.91. The lowest BCUT2D eigenvalue weighted by molar-refractivity contribution is 0.214. The molecule has 2 rings (SSSR count). The number of hydrogen-bond acceptors (Lipinski definition) is 5.